The highest BCUT2D eigenvalue weighted by Gasteiger charge is 2.09. The van der Waals surface area contributed by atoms with Gasteiger partial charge < -0.3 is 16.0 Å². The largest absolute Gasteiger partial charge is 0.357 e. The summed E-state index contributed by atoms with van der Waals surface area (Å²) in [6.07, 6.45) is 0. The summed E-state index contributed by atoms with van der Waals surface area (Å²) in [5.74, 6) is -0.239. The van der Waals surface area contributed by atoms with Crippen LogP contribution in [0.2, 0.25) is 0 Å². The van der Waals surface area contributed by atoms with Crippen molar-refractivity contribution in [3.8, 4) is 0 Å². The molecule has 1 amide bonds. The molecule has 0 aliphatic heterocycles. The third kappa shape index (κ3) is 7.26. The second kappa shape index (κ2) is 11.3. The van der Waals surface area contributed by atoms with E-state index >= 15 is 0 Å². The zero-order chi connectivity index (χ0) is 14.8. The summed E-state index contributed by atoms with van der Waals surface area (Å²) in [6.45, 7) is 6.28. The van der Waals surface area contributed by atoms with E-state index in [0.717, 1.165) is 13.1 Å². The molecule has 0 bridgehead atoms. The van der Waals surface area contributed by atoms with Crippen molar-refractivity contribution in [3.05, 3.63) is 35.6 Å². The number of rotatable bonds is 6. The number of aliphatic imine (C=N–C) groups is 1. The van der Waals surface area contributed by atoms with Gasteiger partial charge in [0.25, 0.3) is 5.91 Å². The molecule has 0 saturated carbocycles. The maximum atomic E-state index is 13.4. The fourth-order valence-electron chi connectivity index (χ4n) is 1.59. The van der Waals surface area contributed by atoms with Crippen molar-refractivity contribution in [1.82, 2.24) is 16.0 Å². The molecule has 1 rings (SSSR count). The van der Waals surface area contributed by atoms with Gasteiger partial charge in [0, 0.05) is 19.6 Å². The Kier molecular flexibility index (Phi) is 10.6. The molecule has 0 heterocycles. The monoisotopic (exact) mass is 408 g/mol. The van der Waals surface area contributed by atoms with Gasteiger partial charge in [0.2, 0.25) is 0 Å². The third-order valence-corrected chi connectivity index (χ3v) is 2.47. The van der Waals surface area contributed by atoms with Crippen molar-refractivity contribution in [2.45, 2.75) is 13.8 Å². The highest BCUT2D eigenvalue weighted by atomic mass is 127. The lowest BCUT2D eigenvalue weighted by Gasteiger charge is -2.09. The first-order valence-electron chi connectivity index (χ1n) is 6.74. The van der Waals surface area contributed by atoms with Crippen LogP contribution in [-0.4, -0.2) is 38.0 Å². The molecule has 0 radical (unpaired) electrons. The SMILES string of the molecule is CCNC(=NCCNC(=O)c1ccccc1F)NCC.I. The van der Waals surface area contributed by atoms with Gasteiger partial charge in [-0.1, -0.05) is 12.1 Å². The van der Waals surface area contributed by atoms with Crippen LogP contribution < -0.4 is 16.0 Å². The van der Waals surface area contributed by atoms with Crippen LogP contribution in [0.4, 0.5) is 4.39 Å². The average Bonchev–Trinajstić information content (AvgIpc) is 2.44. The number of carbonyl (C=O) groups excluding carboxylic acids is 1. The van der Waals surface area contributed by atoms with Crippen LogP contribution >= 0.6 is 24.0 Å². The van der Waals surface area contributed by atoms with E-state index < -0.39 is 11.7 Å². The fraction of sp³-hybridized carbons (Fsp3) is 0.429. The van der Waals surface area contributed by atoms with Crippen molar-refractivity contribution in [1.29, 1.82) is 0 Å². The van der Waals surface area contributed by atoms with E-state index in [1.807, 2.05) is 13.8 Å². The summed E-state index contributed by atoms with van der Waals surface area (Å²) in [6, 6.07) is 5.90. The molecule has 5 nitrogen and oxygen atoms in total. The first-order chi connectivity index (χ1) is 9.69. The van der Waals surface area contributed by atoms with Crippen LogP contribution in [0.3, 0.4) is 0 Å². The number of guanidine groups is 1. The van der Waals surface area contributed by atoms with Gasteiger partial charge in [-0.25, -0.2) is 4.39 Å². The molecule has 118 valence electrons. The fourth-order valence-corrected chi connectivity index (χ4v) is 1.59. The van der Waals surface area contributed by atoms with Gasteiger partial charge in [-0.2, -0.15) is 0 Å². The lowest BCUT2D eigenvalue weighted by atomic mass is 10.2. The topological polar surface area (TPSA) is 65.5 Å². The first-order valence-corrected chi connectivity index (χ1v) is 6.74. The lowest BCUT2D eigenvalue weighted by Crippen LogP contribution is -2.37. The van der Waals surface area contributed by atoms with Crippen molar-refractivity contribution in [2.75, 3.05) is 26.2 Å². The van der Waals surface area contributed by atoms with Gasteiger partial charge in [-0.05, 0) is 26.0 Å². The maximum Gasteiger partial charge on any atom is 0.254 e. The molecule has 0 saturated heterocycles. The Hall–Kier alpha value is -1.38. The van der Waals surface area contributed by atoms with E-state index in [1.54, 1.807) is 12.1 Å². The number of amides is 1. The van der Waals surface area contributed by atoms with Gasteiger partial charge in [-0.15, -0.1) is 24.0 Å². The van der Waals surface area contributed by atoms with Crippen LogP contribution in [0.25, 0.3) is 0 Å². The van der Waals surface area contributed by atoms with Gasteiger partial charge in [-0.3, -0.25) is 9.79 Å². The minimum Gasteiger partial charge on any atom is -0.357 e. The smallest absolute Gasteiger partial charge is 0.254 e. The summed E-state index contributed by atoms with van der Waals surface area (Å²) in [5, 5.41) is 8.80. The van der Waals surface area contributed by atoms with Gasteiger partial charge in [0.05, 0.1) is 12.1 Å². The maximum absolute atomic E-state index is 13.4. The van der Waals surface area contributed by atoms with E-state index in [2.05, 4.69) is 20.9 Å². The Morgan fingerprint density at radius 3 is 2.33 bits per heavy atom. The predicted octanol–water partition coefficient (Wildman–Crippen LogP) is 1.75. The Bertz CT molecular complexity index is 460. The second-order valence-corrected chi connectivity index (χ2v) is 4.03. The molecule has 0 spiro atoms. The van der Waals surface area contributed by atoms with Crippen LogP contribution in [0.15, 0.2) is 29.3 Å². The molecule has 7 heteroatoms. The molecule has 0 unspecified atom stereocenters. The van der Waals surface area contributed by atoms with E-state index in [0.29, 0.717) is 19.0 Å². The van der Waals surface area contributed by atoms with E-state index in [1.165, 1.54) is 12.1 Å². The van der Waals surface area contributed by atoms with Gasteiger partial charge in [0.1, 0.15) is 5.82 Å². The number of nitrogens with one attached hydrogen (secondary N) is 3. The Morgan fingerprint density at radius 2 is 1.76 bits per heavy atom. The molecular weight excluding hydrogens is 386 g/mol. The molecule has 1 aromatic carbocycles. The highest BCUT2D eigenvalue weighted by molar-refractivity contribution is 14.0. The number of nitrogens with zero attached hydrogens (tertiary/aromatic N) is 1. The molecule has 0 aliphatic rings. The zero-order valence-electron chi connectivity index (χ0n) is 12.3. The molecule has 3 N–H and O–H groups in total. The quantitative estimate of drug-likeness (QED) is 0.291. The number of hydrogen-bond donors (Lipinski definition) is 3. The summed E-state index contributed by atoms with van der Waals surface area (Å²) >= 11 is 0. The average molecular weight is 408 g/mol. The lowest BCUT2D eigenvalue weighted by molar-refractivity contribution is 0.0951. The third-order valence-electron chi connectivity index (χ3n) is 2.47. The van der Waals surface area contributed by atoms with Crippen molar-refractivity contribution < 1.29 is 9.18 Å². The summed E-state index contributed by atoms with van der Waals surface area (Å²) in [5.41, 5.74) is 0.0510. The molecule has 0 fully saturated rings. The van der Waals surface area contributed by atoms with Gasteiger partial charge in [0.15, 0.2) is 5.96 Å². The Labute approximate surface area is 141 Å². The van der Waals surface area contributed by atoms with Crippen LogP contribution in [0, 0.1) is 5.82 Å². The number of carbonyl (C=O) groups is 1. The molecule has 1 aromatic rings. The van der Waals surface area contributed by atoms with Gasteiger partial charge >= 0.3 is 0 Å². The summed E-state index contributed by atoms with van der Waals surface area (Å²) in [7, 11) is 0. The molecule has 0 atom stereocenters. The molecular formula is C14H22FIN4O. The minimum atomic E-state index is -0.519. The van der Waals surface area contributed by atoms with E-state index in [-0.39, 0.29) is 29.5 Å². The summed E-state index contributed by atoms with van der Waals surface area (Å²) in [4.78, 5) is 16.0. The summed E-state index contributed by atoms with van der Waals surface area (Å²) < 4.78 is 13.4. The van der Waals surface area contributed by atoms with Crippen molar-refractivity contribution in [2.24, 2.45) is 4.99 Å². The Balaban J connectivity index is 0.00000400. The minimum absolute atomic E-state index is 0. The van der Waals surface area contributed by atoms with Crippen molar-refractivity contribution in [3.63, 3.8) is 0 Å². The molecule has 0 aromatic heterocycles. The van der Waals surface area contributed by atoms with Crippen LogP contribution in [0.5, 0.6) is 0 Å². The highest BCUT2D eigenvalue weighted by Crippen LogP contribution is 2.05. The second-order valence-electron chi connectivity index (χ2n) is 4.03. The zero-order valence-corrected chi connectivity index (χ0v) is 14.6. The van der Waals surface area contributed by atoms with Crippen molar-refractivity contribution >= 4 is 35.8 Å². The van der Waals surface area contributed by atoms with E-state index in [9.17, 15) is 9.18 Å². The normalized spacial score (nSPS) is 9.29. The van der Waals surface area contributed by atoms with Crippen LogP contribution in [-0.2, 0) is 0 Å². The molecule has 21 heavy (non-hydrogen) atoms. The number of halogens is 2. The number of benzene rings is 1. The number of hydrogen-bond acceptors (Lipinski definition) is 2. The Morgan fingerprint density at radius 1 is 1.14 bits per heavy atom. The van der Waals surface area contributed by atoms with E-state index in [4.69, 9.17) is 0 Å². The van der Waals surface area contributed by atoms with Crippen LogP contribution in [0.1, 0.15) is 24.2 Å². The standard InChI is InChI=1S/C14H21FN4O.HI/c1-3-16-14(17-4-2)19-10-9-18-13(20)11-7-5-6-8-12(11)15;/h5-8H,3-4,9-10H2,1-2H3,(H,18,20)(H2,16,17,19);1H. The predicted molar refractivity (Wildman–Crippen MR) is 93.8 cm³/mol. The first kappa shape index (κ1) is 19.6. The molecule has 0 aliphatic carbocycles.